The molecule has 0 atom stereocenters. The molecule has 2 rings (SSSR count). The number of hydrogen-bond acceptors (Lipinski definition) is 3. The second-order valence-corrected chi connectivity index (χ2v) is 3.86. The molecule has 0 bridgehead atoms. The highest BCUT2D eigenvalue weighted by molar-refractivity contribution is 5.85. The van der Waals surface area contributed by atoms with Gasteiger partial charge in [-0.05, 0) is 12.0 Å². The maximum Gasteiger partial charge on any atom is 0.143 e. The highest BCUT2D eigenvalue weighted by atomic mass is 15.0. The van der Waals surface area contributed by atoms with E-state index in [1.54, 1.807) is 0 Å². The molecule has 0 aromatic carbocycles. The summed E-state index contributed by atoms with van der Waals surface area (Å²) in [5.41, 5.74) is 6.63. The monoisotopic (exact) mass is 190 g/mol. The van der Waals surface area contributed by atoms with E-state index in [2.05, 4.69) is 28.8 Å². The Bertz CT molecular complexity index is 444. The van der Waals surface area contributed by atoms with E-state index in [9.17, 15) is 0 Å². The summed E-state index contributed by atoms with van der Waals surface area (Å²) in [7, 11) is 0. The van der Waals surface area contributed by atoms with Gasteiger partial charge in [-0.15, -0.1) is 0 Å². The van der Waals surface area contributed by atoms with Crippen molar-refractivity contribution in [3.05, 3.63) is 18.1 Å². The SMILES string of the molecule is CC(C)Cc1nc(N)c2cc[nH]c2n1. The zero-order valence-electron chi connectivity index (χ0n) is 8.41. The highest BCUT2D eigenvalue weighted by Crippen LogP contribution is 2.16. The van der Waals surface area contributed by atoms with Crippen LogP contribution in [0.5, 0.6) is 0 Å². The van der Waals surface area contributed by atoms with Crippen LogP contribution < -0.4 is 5.73 Å². The Morgan fingerprint density at radius 1 is 1.43 bits per heavy atom. The average Bonchev–Trinajstić information content (AvgIpc) is 2.50. The maximum atomic E-state index is 5.81. The van der Waals surface area contributed by atoms with Gasteiger partial charge in [0.15, 0.2) is 0 Å². The molecule has 74 valence electrons. The summed E-state index contributed by atoms with van der Waals surface area (Å²) in [4.78, 5) is 11.7. The Hall–Kier alpha value is -1.58. The van der Waals surface area contributed by atoms with Gasteiger partial charge in [-0.1, -0.05) is 13.8 Å². The normalized spacial score (nSPS) is 11.4. The first-order valence-electron chi connectivity index (χ1n) is 4.76. The standard InChI is InChI=1S/C10H14N4/c1-6(2)5-8-13-9(11)7-3-4-12-10(7)14-8/h3-4,6H,5H2,1-2H3,(H3,11,12,13,14). The fraction of sp³-hybridized carbons (Fsp3) is 0.400. The van der Waals surface area contributed by atoms with Crippen LogP contribution in [-0.2, 0) is 6.42 Å². The maximum absolute atomic E-state index is 5.81. The third-order valence-electron chi connectivity index (χ3n) is 2.08. The van der Waals surface area contributed by atoms with Gasteiger partial charge < -0.3 is 10.7 Å². The third kappa shape index (κ3) is 1.55. The third-order valence-corrected chi connectivity index (χ3v) is 2.08. The fourth-order valence-electron chi connectivity index (χ4n) is 1.47. The van der Waals surface area contributed by atoms with Gasteiger partial charge in [0, 0.05) is 12.6 Å². The fourth-order valence-corrected chi connectivity index (χ4v) is 1.47. The molecule has 4 nitrogen and oxygen atoms in total. The van der Waals surface area contributed by atoms with Crippen LogP contribution in [-0.4, -0.2) is 15.0 Å². The van der Waals surface area contributed by atoms with Gasteiger partial charge in [-0.2, -0.15) is 0 Å². The predicted octanol–water partition coefficient (Wildman–Crippen LogP) is 1.74. The topological polar surface area (TPSA) is 67.6 Å². The molecular weight excluding hydrogens is 176 g/mol. The summed E-state index contributed by atoms with van der Waals surface area (Å²) in [6.07, 6.45) is 2.69. The largest absolute Gasteiger partial charge is 0.383 e. The zero-order valence-corrected chi connectivity index (χ0v) is 8.41. The summed E-state index contributed by atoms with van der Waals surface area (Å²) >= 11 is 0. The lowest BCUT2D eigenvalue weighted by Crippen LogP contribution is -2.03. The Morgan fingerprint density at radius 2 is 2.21 bits per heavy atom. The van der Waals surface area contributed by atoms with Crippen molar-refractivity contribution in [2.75, 3.05) is 5.73 Å². The quantitative estimate of drug-likeness (QED) is 0.757. The van der Waals surface area contributed by atoms with Crippen LogP contribution in [0.15, 0.2) is 12.3 Å². The minimum Gasteiger partial charge on any atom is -0.383 e. The van der Waals surface area contributed by atoms with Crippen LogP contribution in [0.25, 0.3) is 11.0 Å². The van der Waals surface area contributed by atoms with Gasteiger partial charge in [-0.25, -0.2) is 9.97 Å². The van der Waals surface area contributed by atoms with Gasteiger partial charge in [0.1, 0.15) is 17.3 Å². The molecule has 0 aliphatic carbocycles. The second kappa shape index (κ2) is 3.29. The highest BCUT2D eigenvalue weighted by Gasteiger charge is 2.06. The molecule has 0 fully saturated rings. The van der Waals surface area contributed by atoms with Crippen molar-refractivity contribution in [3.8, 4) is 0 Å². The summed E-state index contributed by atoms with van der Waals surface area (Å²) < 4.78 is 0. The number of fused-ring (bicyclic) bond motifs is 1. The number of nitrogens with zero attached hydrogens (tertiary/aromatic N) is 2. The number of nitrogens with one attached hydrogen (secondary N) is 1. The van der Waals surface area contributed by atoms with E-state index < -0.39 is 0 Å². The van der Waals surface area contributed by atoms with Gasteiger partial charge in [0.05, 0.1) is 5.39 Å². The Labute approximate surface area is 82.6 Å². The van der Waals surface area contributed by atoms with Crippen molar-refractivity contribution in [3.63, 3.8) is 0 Å². The first-order valence-corrected chi connectivity index (χ1v) is 4.76. The lowest BCUT2D eigenvalue weighted by Gasteiger charge is -2.04. The van der Waals surface area contributed by atoms with Crippen LogP contribution in [0.3, 0.4) is 0 Å². The number of anilines is 1. The van der Waals surface area contributed by atoms with Gasteiger partial charge in [0.2, 0.25) is 0 Å². The van der Waals surface area contributed by atoms with E-state index in [4.69, 9.17) is 5.73 Å². The van der Waals surface area contributed by atoms with E-state index >= 15 is 0 Å². The first-order chi connectivity index (χ1) is 6.66. The van der Waals surface area contributed by atoms with Gasteiger partial charge >= 0.3 is 0 Å². The van der Waals surface area contributed by atoms with Crippen LogP contribution in [0.1, 0.15) is 19.7 Å². The van der Waals surface area contributed by atoms with E-state index in [1.807, 2.05) is 12.3 Å². The number of aromatic nitrogens is 3. The number of aromatic amines is 1. The number of H-pyrrole nitrogens is 1. The number of hydrogen-bond donors (Lipinski definition) is 2. The Kier molecular flexibility index (Phi) is 2.11. The van der Waals surface area contributed by atoms with Crippen LogP contribution in [0.4, 0.5) is 5.82 Å². The molecule has 0 unspecified atom stereocenters. The number of nitrogen functional groups attached to an aromatic ring is 1. The molecule has 2 heterocycles. The molecule has 2 aromatic rings. The van der Waals surface area contributed by atoms with Crippen LogP contribution in [0.2, 0.25) is 0 Å². The minimum absolute atomic E-state index is 0.543. The van der Waals surface area contributed by atoms with Crippen molar-refractivity contribution in [2.45, 2.75) is 20.3 Å². The van der Waals surface area contributed by atoms with E-state index in [-0.39, 0.29) is 0 Å². The summed E-state index contributed by atoms with van der Waals surface area (Å²) in [6.45, 7) is 4.27. The molecule has 2 aromatic heterocycles. The second-order valence-electron chi connectivity index (χ2n) is 3.86. The molecule has 4 heteroatoms. The molecule has 0 aliphatic heterocycles. The minimum atomic E-state index is 0.543. The average molecular weight is 190 g/mol. The Balaban J connectivity index is 2.47. The first kappa shape index (κ1) is 8.99. The number of nitrogens with two attached hydrogens (primary N) is 1. The molecular formula is C10H14N4. The summed E-state index contributed by atoms with van der Waals surface area (Å²) in [5.74, 6) is 1.92. The lowest BCUT2D eigenvalue weighted by molar-refractivity contribution is 0.623. The van der Waals surface area contributed by atoms with E-state index in [0.717, 1.165) is 23.3 Å². The van der Waals surface area contributed by atoms with E-state index in [1.165, 1.54) is 0 Å². The molecule has 3 N–H and O–H groups in total. The molecule has 14 heavy (non-hydrogen) atoms. The molecule has 0 aliphatic rings. The number of rotatable bonds is 2. The van der Waals surface area contributed by atoms with Gasteiger partial charge in [0.25, 0.3) is 0 Å². The van der Waals surface area contributed by atoms with Crippen molar-refractivity contribution < 1.29 is 0 Å². The van der Waals surface area contributed by atoms with Crippen molar-refractivity contribution in [1.29, 1.82) is 0 Å². The molecule has 0 radical (unpaired) electrons. The molecule has 0 spiro atoms. The smallest absolute Gasteiger partial charge is 0.143 e. The molecule has 0 saturated carbocycles. The molecule has 0 saturated heterocycles. The van der Waals surface area contributed by atoms with Crippen LogP contribution >= 0.6 is 0 Å². The predicted molar refractivity (Wildman–Crippen MR) is 56.8 cm³/mol. The lowest BCUT2D eigenvalue weighted by atomic mass is 10.1. The summed E-state index contributed by atoms with van der Waals surface area (Å²) in [6, 6.07) is 1.89. The van der Waals surface area contributed by atoms with Gasteiger partial charge in [-0.3, -0.25) is 0 Å². The Morgan fingerprint density at radius 3 is 2.93 bits per heavy atom. The van der Waals surface area contributed by atoms with Crippen molar-refractivity contribution in [1.82, 2.24) is 15.0 Å². The van der Waals surface area contributed by atoms with Crippen molar-refractivity contribution >= 4 is 16.9 Å². The van der Waals surface area contributed by atoms with E-state index in [0.29, 0.717) is 11.7 Å². The summed E-state index contributed by atoms with van der Waals surface area (Å²) in [5, 5.41) is 0.900. The zero-order chi connectivity index (χ0) is 10.1. The molecule has 0 amide bonds. The van der Waals surface area contributed by atoms with Crippen molar-refractivity contribution in [2.24, 2.45) is 5.92 Å². The van der Waals surface area contributed by atoms with Crippen LogP contribution in [0, 0.1) is 5.92 Å².